The summed E-state index contributed by atoms with van der Waals surface area (Å²) in [6.45, 7) is -2.49. The van der Waals surface area contributed by atoms with Gasteiger partial charge < -0.3 is 38.4 Å². The zero-order chi connectivity index (χ0) is 44.1. The van der Waals surface area contributed by atoms with E-state index in [1.165, 1.54) is 10.9 Å². The molecule has 5 aromatic rings. The summed E-state index contributed by atoms with van der Waals surface area (Å²) in [6.07, 6.45) is -10.5. The third-order valence-electron chi connectivity index (χ3n) is 9.99. The number of aromatic amines is 1. The fraction of sp³-hybridized carbons (Fsp3) is 0.441. The number of halogens is 2. The van der Waals surface area contributed by atoms with E-state index in [1.807, 2.05) is 0 Å². The van der Waals surface area contributed by atoms with E-state index in [1.54, 1.807) is 50.2 Å². The highest BCUT2D eigenvalue weighted by atomic mass is 32.5. The van der Waals surface area contributed by atoms with E-state index < -0.39 is 99.7 Å². The molecule has 4 aromatic heterocycles. The average molecular weight is 922 g/mol. The summed E-state index contributed by atoms with van der Waals surface area (Å²) in [5.74, 6) is -1.73. The van der Waals surface area contributed by atoms with Crippen LogP contribution in [0.15, 0.2) is 54.1 Å². The molecule has 2 saturated heterocycles. The summed E-state index contributed by atoms with van der Waals surface area (Å²) < 4.78 is 80.7. The third kappa shape index (κ3) is 8.29. The molecule has 3 unspecified atom stereocenters. The standard InChI is InChI=1S/C34H35F2N11O12P2S/c1-15(2)28(49)44-33-43-27-20(30(51)45-33)41-14-47(27)32-24(34(36)22(57-32)23(34)58-60(52)54-10-6-9-37)59-61(53,62)55-11-17-21(48)18(35)31(56-17)46-13-40-19-25(38-12-39-26(19)46)42-29(50)16-7-4-3-5-8-16/h3-5,7-8,12-15,17-18,21-24,31-32,48,60H,6,10-11H2,1-2H3,(H,53,62)(H,38,39,42,50)(H2,43,44,45,49,51)/t17-,18-,21-,22-,23?,24+,31-,32-,34+,61?/m1/s1. The van der Waals surface area contributed by atoms with Gasteiger partial charge in [-0.2, -0.15) is 10.2 Å². The predicted molar refractivity (Wildman–Crippen MR) is 211 cm³/mol. The second-order valence-corrected chi connectivity index (χ2v) is 18.2. The minimum Gasteiger partial charge on any atom is -0.387 e. The maximum absolute atomic E-state index is 17.0. The Morgan fingerprint density at radius 3 is 2.55 bits per heavy atom. The molecule has 6 heterocycles. The number of fused-ring (bicyclic) bond motifs is 3. The van der Waals surface area contributed by atoms with Gasteiger partial charge in [0, 0.05) is 11.5 Å². The van der Waals surface area contributed by atoms with E-state index in [0.29, 0.717) is 5.56 Å². The van der Waals surface area contributed by atoms with Crippen LogP contribution < -0.4 is 16.2 Å². The van der Waals surface area contributed by atoms with Gasteiger partial charge in [-0.3, -0.25) is 42.9 Å². The highest BCUT2D eigenvalue weighted by molar-refractivity contribution is 8.07. The molecule has 3 aliphatic rings. The number of nitriles is 1. The number of aliphatic hydroxyl groups is 1. The van der Waals surface area contributed by atoms with Gasteiger partial charge in [0.15, 0.2) is 58.5 Å². The van der Waals surface area contributed by atoms with Crippen molar-refractivity contribution >= 4 is 72.7 Å². The van der Waals surface area contributed by atoms with E-state index in [9.17, 15) is 28.9 Å². The normalized spacial score (nSPS) is 28.1. The number of anilines is 2. The minimum absolute atomic E-state index is 0.0172. The molecule has 0 radical (unpaired) electrons. The molecule has 1 aromatic carbocycles. The number of imidazole rings is 2. The molecular formula is C34H35F2N11O12P2S. The minimum atomic E-state index is -4.64. The van der Waals surface area contributed by atoms with E-state index in [0.717, 1.165) is 17.2 Å². The van der Waals surface area contributed by atoms with Gasteiger partial charge in [-0.1, -0.05) is 32.0 Å². The van der Waals surface area contributed by atoms with Crippen molar-refractivity contribution in [2.45, 2.75) is 75.1 Å². The third-order valence-corrected chi connectivity index (χ3v) is 12.4. The number of hydrogen-bond donors (Lipinski definition) is 5. The molecule has 62 heavy (non-hydrogen) atoms. The van der Waals surface area contributed by atoms with Crippen molar-refractivity contribution in [2.24, 2.45) is 5.92 Å². The highest BCUT2D eigenvalue weighted by Crippen LogP contribution is 2.65. The number of alkyl halides is 2. The number of nitrogens with one attached hydrogen (secondary N) is 3. The summed E-state index contributed by atoms with van der Waals surface area (Å²) in [5.41, 5.74) is -3.48. The Balaban J connectivity index is 1.00. The number of benzene rings is 1. The molecular weight excluding hydrogens is 886 g/mol. The predicted octanol–water partition coefficient (Wildman–Crippen LogP) is 2.35. The average Bonchev–Trinajstić information content (AvgIpc) is 3.76. The SMILES string of the molecule is CC(C)C(=O)Nc1nc2c(ncn2[C@@H]2O[C@@H]3C(O[PH](=O)OCCC#N)[C@]3(F)[C@H]2OP(O)(=S)OC[C@H]2O[C@@H](n3cnc4c(NC(=O)c5ccccc5)ncnc43)[C@H](F)[C@@H]2O)c(=O)[nH]1. The van der Waals surface area contributed by atoms with Gasteiger partial charge >= 0.3 is 15.0 Å². The maximum Gasteiger partial charge on any atom is 0.325 e. The number of rotatable bonds is 16. The van der Waals surface area contributed by atoms with Crippen LogP contribution in [0.2, 0.25) is 0 Å². The summed E-state index contributed by atoms with van der Waals surface area (Å²) in [5, 5.41) is 24.7. The number of aromatic nitrogens is 8. The van der Waals surface area contributed by atoms with Crippen LogP contribution in [-0.4, -0.2) is 116 Å². The lowest BCUT2D eigenvalue weighted by atomic mass is 10.1. The molecule has 8 rings (SSSR count). The summed E-state index contributed by atoms with van der Waals surface area (Å²) in [4.78, 5) is 72.6. The monoisotopic (exact) mass is 921 g/mol. The van der Waals surface area contributed by atoms with E-state index in [4.69, 9.17) is 44.6 Å². The number of aliphatic hydroxyl groups excluding tert-OH is 1. The highest BCUT2D eigenvalue weighted by Gasteiger charge is 2.82. The van der Waals surface area contributed by atoms with E-state index in [-0.39, 0.29) is 47.1 Å². The second-order valence-electron chi connectivity index (χ2n) is 14.4. The number of carbonyl (C=O) groups is 2. The Morgan fingerprint density at radius 1 is 1.10 bits per heavy atom. The van der Waals surface area contributed by atoms with Crippen LogP contribution in [0.4, 0.5) is 20.5 Å². The van der Waals surface area contributed by atoms with Crippen molar-refractivity contribution in [3.05, 3.63) is 65.2 Å². The molecule has 0 spiro atoms. The Kier molecular flexibility index (Phi) is 12.1. The van der Waals surface area contributed by atoms with E-state index in [2.05, 4.69) is 40.5 Å². The van der Waals surface area contributed by atoms with Crippen molar-refractivity contribution in [3.8, 4) is 6.07 Å². The van der Waals surface area contributed by atoms with Gasteiger partial charge in [-0.15, -0.1) is 0 Å². The number of carbonyl (C=O) groups excluding carboxylic acids is 2. The number of nitrogens with zero attached hydrogens (tertiary/aromatic N) is 8. The van der Waals surface area contributed by atoms with Gasteiger partial charge in [0.05, 0.1) is 38.4 Å². The molecule has 23 nitrogen and oxygen atoms in total. The molecule has 2 amide bonds. The fourth-order valence-electron chi connectivity index (χ4n) is 6.81. The lowest BCUT2D eigenvalue weighted by Crippen LogP contribution is -2.37. The van der Waals surface area contributed by atoms with Crippen LogP contribution in [0.3, 0.4) is 0 Å². The zero-order valence-electron chi connectivity index (χ0n) is 32.1. The molecule has 2 aliphatic heterocycles. The molecule has 328 valence electrons. The van der Waals surface area contributed by atoms with Crippen molar-refractivity contribution in [2.75, 3.05) is 23.8 Å². The summed E-state index contributed by atoms with van der Waals surface area (Å²) >= 11 is 5.26. The first kappa shape index (κ1) is 43.6. The van der Waals surface area contributed by atoms with Crippen molar-refractivity contribution in [3.63, 3.8) is 0 Å². The molecule has 1 aliphatic carbocycles. The number of amides is 2. The van der Waals surface area contributed by atoms with Crippen LogP contribution in [0.1, 0.15) is 43.1 Å². The van der Waals surface area contributed by atoms with Crippen LogP contribution in [0.5, 0.6) is 0 Å². The van der Waals surface area contributed by atoms with Crippen LogP contribution >= 0.6 is 15.0 Å². The molecule has 5 N–H and O–H groups in total. The smallest absolute Gasteiger partial charge is 0.325 e. The lowest BCUT2D eigenvalue weighted by molar-refractivity contribution is -0.118. The van der Waals surface area contributed by atoms with Crippen LogP contribution in [0, 0.1) is 17.2 Å². The molecule has 3 fully saturated rings. The lowest BCUT2D eigenvalue weighted by Gasteiger charge is -2.29. The number of H-pyrrole nitrogens is 1. The van der Waals surface area contributed by atoms with Gasteiger partial charge in [-0.05, 0) is 23.9 Å². The second kappa shape index (κ2) is 17.3. The Hall–Kier alpha value is -5.03. The van der Waals surface area contributed by atoms with Gasteiger partial charge in [0.1, 0.15) is 30.7 Å². The maximum atomic E-state index is 17.0. The quantitative estimate of drug-likeness (QED) is 0.0701. The number of hydrogen-bond acceptors (Lipinski definition) is 18. The first-order chi connectivity index (χ1) is 29.6. The summed E-state index contributed by atoms with van der Waals surface area (Å²) in [7, 11) is -3.38. The largest absolute Gasteiger partial charge is 0.387 e. The molecule has 0 bridgehead atoms. The molecule has 1 saturated carbocycles. The zero-order valence-corrected chi connectivity index (χ0v) is 34.8. The Bertz CT molecular complexity index is 2710. The Morgan fingerprint density at radius 2 is 1.82 bits per heavy atom. The summed E-state index contributed by atoms with van der Waals surface area (Å²) in [6, 6.07) is 10.1. The van der Waals surface area contributed by atoms with Gasteiger partial charge in [-0.25, -0.2) is 28.7 Å². The topological polar surface area (TPSA) is 302 Å². The number of ether oxygens (including phenoxy) is 2. The fourth-order valence-corrected chi connectivity index (χ4v) is 9.07. The van der Waals surface area contributed by atoms with Crippen molar-refractivity contribution in [1.82, 2.24) is 39.0 Å². The Labute approximate surface area is 352 Å². The van der Waals surface area contributed by atoms with Gasteiger partial charge in [0.2, 0.25) is 11.9 Å². The van der Waals surface area contributed by atoms with Crippen molar-refractivity contribution in [1.29, 1.82) is 5.26 Å². The molecule has 11 atom stereocenters. The van der Waals surface area contributed by atoms with Gasteiger partial charge in [0.25, 0.3) is 11.5 Å². The van der Waals surface area contributed by atoms with E-state index >= 15 is 8.78 Å². The first-order valence-electron chi connectivity index (χ1n) is 18.6. The van der Waals surface area contributed by atoms with Crippen molar-refractivity contribution < 1.29 is 60.5 Å². The first-order valence-corrected chi connectivity index (χ1v) is 22.4. The molecule has 28 heteroatoms. The van der Waals surface area contributed by atoms with Crippen LogP contribution in [0.25, 0.3) is 22.3 Å². The van der Waals surface area contributed by atoms with Crippen LogP contribution in [-0.2, 0) is 48.7 Å².